The highest BCUT2D eigenvalue weighted by Gasteiger charge is 2.12. The van der Waals surface area contributed by atoms with Crippen LogP contribution < -0.4 is 5.32 Å². The molecule has 1 amide bonds. The van der Waals surface area contributed by atoms with Crippen LogP contribution in [0.15, 0.2) is 18.5 Å². The molecule has 1 aromatic rings. The van der Waals surface area contributed by atoms with Gasteiger partial charge in [-0.1, -0.05) is 15.9 Å². The number of alkyl halides is 1. The van der Waals surface area contributed by atoms with E-state index in [-0.39, 0.29) is 11.9 Å². The van der Waals surface area contributed by atoms with Crippen LogP contribution in [0.1, 0.15) is 16.8 Å². The topological polar surface area (TPSA) is 64.1 Å². The Hall–Kier alpha value is -1.01. The van der Waals surface area contributed by atoms with Crippen molar-refractivity contribution in [1.29, 1.82) is 0 Å². The number of methoxy groups -OCH3 is 1. The van der Waals surface area contributed by atoms with Crippen molar-refractivity contribution in [1.82, 2.24) is 15.5 Å². The molecule has 1 N–H and O–H groups in total. The van der Waals surface area contributed by atoms with Gasteiger partial charge in [0.2, 0.25) is 0 Å². The van der Waals surface area contributed by atoms with E-state index in [0.29, 0.717) is 12.2 Å². The zero-order chi connectivity index (χ0) is 11.8. The van der Waals surface area contributed by atoms with Crippen LogP contribution in [0.5, 0.6) is 0 Å². The molecule has 0 radical (unpaired) electrons. The fourth-order valence-corrected chi connectivity index (χ4v) is 1.78. The minimum absolute atomic E-state index is 0.00467. The monoisotopic (exact) mass is 287 g/mol. The number of halogens is 1. The first kappa shape index (κ1) is 13.1. The van der Waals surface area contributed by atoms with Crippen LogP contribution >= 0.6 is 15.9 Å². The number of nitrogens with one attached hydrogen (secondary N) is 1. The minimum atomic E-state index is -0.155. The lowest BCUT2D eigenvalue weighted by Crippen LogP contribution is -2.38. The van der Waals surface area contributed by atoms with Crippen molar-refractivity contribution in [3.05, 3.63) is 24.0 Å². The van der Waals surface area contributed by atoms with Crippen molar-refractivity contribution in [3.8, 4) is 0 Å². The van der Waals surface area contributed by atoms with Crippen molar-refractivity contribution < 1.29 is 9.53 Å². The zero-order valence-electron chi connectivity index (χ0n) is 9.02. The standard InChI is InChI=1S/C10H14BrN3O2/c1-16-7-9(2-4-11)14-10(15)8-3-5-12-13-6-8/h3,5-6,9H,2,4,7H2,1H3,(H,14,15). The summed E-state index contributed by atoms with van der Waals surface area (Å²) in [6.07, 6.45) is 3.75. The van der Waals surface area contributed by atoms with Crippen molar-refractivity contribution in [2.24, 2.45) is 0 Å². The van der Waals surface area contributed by atoms with Crippen molar-refractivity contribution >= 4 is 21.8 Å². The summed E-state index contributed by atoms with van der Waals surface area (Å²) in [5, 5.41) is 11.0. The van der Waals surface area contributed by atoms with Gasteiger partial charge in [0.25, 0.3) is 5.91 Å². The van der Waals surface area contributed by atoms with E-state index in [4.69, 9.17) is 4.74 Å². The number of carbonyl (C=O) groups excluding carboxylic acids is 1. The Morgan fingerprint density at radius 1 is 1.62 bits per heavy atom. The van der Waals surface area contributed by atoms with E-state index in [9.17, 15) is 4.79 Å². The van der Waals surface area contributed by atoms with Crippen LogP contribution in [-0.4, -0.2) is 41.2 Å². The highest BCUT2D eigenvalue weighted by atomic mass is 79.9. The van der Waals surface area contributed by atoms with Crippen LogP contribution in [0.3, 0.4) is 0 Å². The van der Waals surface area contributed by atoms with E-state index in [1.807, 2.05) is 0 Å². The third-order valence-corrected chi connectivity index (χ3v) is 2.46. The summed E-state index contributed by atoms with van der Waals surface area (Å²) >= 11 is 3.34. The van der Waals surface area contributed by atoms with Gasteiger partial charge in [0, 0.05) is 12.4 Å². The molecular formula is C10H14BrN3O2. The van der Waals surface area contributed by atoms with Gasteiger partial charge in [-0.3, -0.25) is 4.79 Å². The zero-order valence-corrected chi connectivity index (χ0v) is 10.6. The summed E-state index contributed by atoms with van der Waals surface area (Å²) in [5.41, 5.74) is 0.505. The molecule has 1 heterocycles. The predicted molar refractivity (Wildman–Crippen MR) is 63.6 cm³/mol. The van der Waals surface area contributed by atoms with Gasteiger partial charge >= 0.3 is 0 Å². The highest BCUT2D eigenvalue weighted by molar-refractivity contribution is 9.09. The number of carbonyl (C=O) groups is 1. The van der Waals surface area contributed by atoms with Gasteiger partial charge in [0.1, 0.15) is 0 Å². The third-order valence-electron chi connectivity index (χ3n) is 2.01. The molecule has 88 valence electrons. The van der Waals surface area contributed by atoms with Crippen molar-refractivity contribution in [3.63, 3.8) is 0 Å². The summed E-state index contributed by atoms with van der Waals surface area (Å²) < 4.78 is 5.03. The molecule has 1 rings (SSSR count). The van der Waals surface area contributed by atoms with E-state index in [2.05, 4.69) is 31.4 Å². The molecule has 6 heteroatoms. The van der Waals surface area contributed by atoms with Crippen LogP contribution in [0.25, 0.3) is 0 Å². The molecule has 0 saturated carbocycles. The van der Waals surface area contributed by atoms with Gasteiger partial charge in [-0.15, -0.1) is 0 Å². The second-order valence-electron chi connectivity index (χ2n) is 3.23. The molecule has 0 aliphatic rings. The van der Waals surface area contributed by atoms with Gasteiger partial charge in [0.05, 0.1) is 30.6 Å². The minimum Gasteiger partial charge on any atom is -0.383 e. The second kappa shape index (κ2) is 7.29. The highest BCUT2D eigenvalue weighted by Crippen LogP contribution is 2.00. The maximum atomic E-state index is 11.8. The van der Waals surface area contributed by atoms with Gasteiger partial charge in [-0.25, -0.2) is 0 Å². The molecule has 0 bridgehead atoms. The summed E-state index contributed by atoms with van der Waals surface area (Å²) in [5.74, 6) is -0.155. The van der Waals surface area contributed by atoms with Gasteiger partial charge < -0.3 is 10.1 Å². The lowest BCUT2D eigenvalue weighted by molar-refractivity contribution is 0.0895. The predicted octanol–water partition coefficient (Wildman–Crippen LogP) is 1.01. The summed E-state index contributed by atoms with van der Waals surface area (Å²) in [6.45, 7) is 0.496. The number of hydrogen-bond donors (Lipinski definition) is 1. The number of nitrogens with zero attached hydrogens (tertiary/aromatic N) is 2. The number of rotatable bonds is 6. The molecule has 0 saturated heterocycles. The molecule has 5 nitrogen and oxygen atoms in total. The van der Waals surface area contributed by atoms with Crippen LogP contribution in [0, 0.1) is 0 Å². The SMILES string of the molecule is COCC(CCBr)NC(=O)c1ccnnc1. The molecule has 16 heavy (non-hydrogen) atoms. The Balaban J connectivity index is 2.54. The number of aromatic nitrogens is 2. The summed E-state index contributed by atoms with van der Waals surface area (Å²) in [6, 6.07) is 1.63. The lowest BCUT2D eigenvalue weighted by Gasteiger charge is -2.16. The van der Waals surface area contributed by atoms with Crippen LogP contribution in [0.2, 0.25) is 0 Å². The third kappa shape index (κ3) is 4.24. The summed E-state index contributed by atoms with van der Waals surface area (Å²) in [7, 11) is 1.61. The van der Waals surface area contributed by atoms with Gasteiger partial charge in [-0.05, 0) is 12.5 Å². The number of amides is 1. The van der Waals surface area contributed by atoms with Crippen LogP contribution in [-0.2, 0) is 4.74 Å². The average molecular weight is 288 g/mol. The van der Waals surface area contributed by atoms with Crippen LogP contribution in [0.4, 0.5) is 0 Å². The molecule has 1 atom stereocenters. The first-order valence-electron chi connectivity index (χ1n) is 4.90. The maximum Gasteiger partial charge on any atom is 0.253 e. The Morgan fingerprint density at radius 2 is 2.44 bits per heavy atom. The Kier molecular flexibility index (Phi) is 5.95. The van der Waals surface area contributed by atoms with E-state index in [0.717, 1.165) is 11.8 Å². The molecule has 0 aromatic carbocycles. The number of hydrogen-bond acceptors (Lipinski definition) is 4. The average Bonchev–Trinajstić information content (AvgIpc) is 2.31. The van der Waals surface area contributed by atoms with Crippen molar-refractivity contribution in [2.45, 2.75) is 12.5 Å². The maximum absolute atomic E-state index is 11.8. The normalized spacial score (nSPS) is 12.1. The fourth-order valence-electron chi connectivity index (χ4n) is 1.22. The smallest absolute Gasteiger partial charge is 0.253 e. The molecule has 1 unspecified atom stereocenters. The van der Waals surface area contributed by atoms with Crippen molar-refractivity contribution in [2.75, 3.05) is 19.0 Å². The number of ether oxygens (including phenoxy) is 1. The Bertz CT molecular complexity index is 315. The van der Waals surface area contributed by atoms with E-state index < -0.39 is 0 Å². The first-order valence-corrected chi connectivity index (χ1v) is 6.02. The first-order chi connectivity index (χ1) is 7.77. The molecule has 0 spiro atoms. The van der Waals surface area contributed by atoms with E-state index >= 15 is 0 Å². The lowest BCUT2D eigenvalue weighted by atomic mass is 10.2. The molecule has 0 aliphatic carbocycles. The second-order valence-corrected chi connectivity index (χ2v) is 4.03. The van der Waals surface area contributed by atoms with E-state index in [1.165, 1.54) is 12.4 Å². The molecule has 1 aromatic heterocycles. The molecular weight excluding hydrogens is 274 g/mol. The Morgan fingerprint density at radius 3 is 3.00 bits per heavy atom. The molecule has 0 fully saturated rings. The summed E-state index contributed by atoms with van der Waals surface area (Å²) in [4.78, 5) is 11.8. The van der Waals surface area contributed by atoms with E-state index in [1.54, 1.807) is 13.2 Å². The molecule has 0 aliphatic heterocycles. The van der Waals surface area contributed by atoms with Gasteiger partial charge in [0.15, 0.2) is 0 Å². The quantitative estimate of drug-likeness (QED) is 0.793. The van der Waals surface area contributed by atoms with Gasteiger partial charge in [-0.2, -0.15) is 10.2 Å². The Labute approximate surface area is 103 Å². The largest absolute Gasteiger partial charge is 0.383 e. The fraction of sp³-hybridized carbons (Fsp3) is 0.500.